The van der Waals surface area contributed by atoms with E-state index in [4.69, 9.17) is 4.74 Å². The molecule has 0 radical (unpaired) electrons. The van der Waals surface area contributed by atoms with Crippen LogP contribution in [0.2, 0.25) is 0 Å². The third kappa shape index (κ3) is 2.29. The molecule has 1 N–H and O–H groups in total. The fraction of sp³-hybridized carbons (Fsp3) is 0.417. The maximum absolute atomic E-state index is 10.8. The molecular formula is C12H16O3. The van der Waals surface area contributed by atoms with Gasteiger partial charge in [-0.3, -0.25) is 4.79 Å². The second kappa shape index (κ2) is 3.93. The van der Waals surface area contributed by atoms with Crippen LogP contribution in [0.4, 0.5) is 0 Å². The molecule has 0 fully saturated rings. The molecule has 0 saturated carbocycles. The molecule has 0 heterocycles. The fourth-order valence-electron chi connectivity index (χ4n) is 1.38. The molecule has 0 amide bonds. The number of carbonyl (C=O) groups excluding carboxylic acids is 1. The Bertz CT molecular complexity index is 375. The Balaban J connectivity index is 3.38. The maximum atomic E-state index is 10.8. The molecule has 0 spiro atoms. The van der Waals surface area contributed by atoms with Gasteiger partial charge in [-0.15, -0.1) is 0 Å². The lowest BCUT2D eigenvalue weighted by Crippen LogP contribution is -2.11. The summed E-state index contributed by atoms with van der Waals surface area (Å²) in [6.45, 7) is 6.05. The van der Waals surface area contributed by atoms with Gasteiger partial charge in [-0.25, -0.2) is 0 Å². The van der Waals surface area contributed by atoms with Crippen LogP contribution in [0.1, 0.15) is 36.7 Å². The summed E-state index contributed by atoms with van der Waals surface area (Å²) in [7, 11) is 1.43. The van der Waals surface area contributed by atoms with Crippen LogP contribution in [0.15, 0.2) is 12.1 Å². The molecule has 0 aliphatic heterocycles. The third-order valence-corrected chi connectivity index (χ3v) is 2.30. The first kappa shape index (κ1) is 11.6. The van der Waals surface area contributed by atoms with Gasteiger partial charge in [0.2, 0.25) is 0 Å². The zero-order valence-electron chi connectivity index (χ0n) is 9.50. The van der Waals surface area contributed by atoms with Gasteiger partial charge in [0.05, 0.1) is 12.7 Å². The Hall–Kier alpha value is -1.51. The highest BCUT2D eigenvalue weighted by molar-refractivity contribution is 5.81. The van der Waals surface area contributed by atoms with Gasteiger partial charge in [0.1, 0.15) is 0 Å². The number of hydrogen-bond acceptors (Lipinski definition) is 3. The highest BCUT2D eigenvalue weighted by atomic mass is 16.5. The number of hydrogen-bond donors (Lipinski definition) is 1. The number of phenolic OH excluding ortho intramolecular Hbond substituents is 1. The first-order chi connectivity index (χ1) is 6.90. The summed E-state index contributed by atoms with van der Waals surface area (Å²) in [6, 6.07) is 3.37. The van der Waals surface area contributed by atoms with Crippen molar-refractivity contribution in [1.29, 1.82) is 0 Å². The number of benzene rings is 1. The second-order valence-electron chi connectivity index (χ2n) is 4.49. The second-order valence-corrected chi connectivity index (χ2v) is 4.49. The van der Waals surface area contributed by atoms with Crippen LogP contribution in [0, 0.1) is 0 Å². The first-order valence-electron chi connectivity index (χ1n) is 4.77. The molecule has 15 heavy (non-hydrogen) atoms. The summed E-state index contributed by atoms with van der Waals surface area (Å²) < 4.78 is 4.95. The normalized spacial score (nSPS) is 11.2. The van der Waals surface area contributed by atoms with Crippen molar-refractivity contribution >= 4 is 6.29 Å². The zero-order chi connectivity index (χ0) is 11.6. The van der Waals surface area contributed by atoms with Crippen molar-refractivity contribution in [2.24, 2.45) is 0 Å². The van der Waals surface area contributed by atoms with Gasteiger partial charge in [0, 0.05) is 0 Å². The summed E-state index contributed by atoms with van der Waals surface area (Å²) in [5.41, 5.74) is 1.17. The van der Waals surface area contributed by atoms with E-state index in [0.29, 0.717) is 11.8 Å². The monoisotopic (exact) mass is 208 g/mol. The fourth-order valence-corrected chi connectivity index (χ4v) is 1.38. The summed E-state index contributed by atoms with van der Waals surface area (Å²) in [5, 5.41) is 9.68. The molecule has 3 nitrogen and oxygen atoms in total. The predicted molar refractivity (Wildman–Crippen MR) is 58.7 cm³/mol. The van der Waals surface area contributed by atoms with Crippen LogP contribution in [0.25, 0.3) is 0 Å². The Morgan fingerprint density at radius 1 is 1.33 bits per heavy atom. The molecule has 1 aromatic carbocycles. The highest BCUT2D eigenvalue weighted by Gasteiger charge is 2.18. The highest BCUT2D eigenvalue weighted by Crippen LogP contribution is 2.34. The Morgan fingerprint density at radius 3 is 2.33 bits per heavy atom. The number of carbonyl (C=O) groups is 1. The van der Waals surface area contributed by atoms with Crippen LogP contribution in [0.5, 0.6) is 11.5 Å². The van der Waals surface area contributed by atoms with Crippen LogP contribution >= 0.6 is 0 Å². The lowest BCUT2D eigenvalue weighted by molar-refractivity contribution is 0.111. The van der Waals surface area contributed by atoms with Gasteiger partial charge in [0.25, 0.3) is 0 Å². The molecule has 0 saturated heterocycles. The van der Waals surface area contributed by atoms with Crippen molar-refractivity contribution in [3.8, 4) is 11.5 Å². The van der Waals surface area contributed by atoms with E-state index in [9.17, 15) is 9.90 Å². The largest absolute Gasteiger partial charge is 0.504 e. The number of aldehydes is 1. The van der Waals surface area contributed by atoms with Crippen LogP contribution < -0.4 is 4.74 Å². The quantitative estimate of drug-likeness (QED) is 0.759. The first-order valence-corrected chi connectivity index (χ1v) is 4.77. The number of methoxy groups -OCH3 is 1. The van der Waals surface area contributed by atoms with E-state index in [1.807, 2.05) is 20.8 Å². The molecule has 3 heteroatoms. The van der Waals surface area contributed by atoms with E-state index < -0.39 is 0 Å². The average Bonchev–Trinajstić information content (AvgIpc) is 2.15. The average molecular weight is 208 g/mol. The van der Waals surface area contributed by atoms with Crippen LogP contribution in [-0.4, -0.2) is 18.5 Å². The minimum Gasteiger partial charge on any atom is -0.504 e. The lowest BCUT2D eigenvalue weighted by atomic mass is 9.86. The molecule has 0 bridgehead atoms. The van der Waals surface area contributed by atoms with Crippen molar-refractivity contribution in [2.75, 3.05) is 7.11 Å². The minimum absolute atomic E-state index is 0.00650. The van der Waals surface area contributed by atoms with E-state index in [1.165, 1.54) is 7.11 Å². The molecule has 0 unspecified atom stereocenters. The predicted octanol–water partition coefficient (Wildman–Crippen LogP) is 2.51. The zero-order valence-corrected chi connectivity index (χ0v) is 9.50. The number of ether oxygens (including phenoxy) is 1. The Kier molecular flexibility index (Phi) is 3.03. The van der Waals surface area contributed by atoms with E-state index in [-0.39, 0.29) is 16.9 Å². The van der Waals surface area contributed by atoms with Gasteiger partial charge in [-0.1, -0.05) is 20.8 Å². The molecule has 0 aromatic heterocycles. The van der Waals surface area contributed by atoms with Gasteiger partial charge in [-0.05, 0) is 23.1 Å². The van der Waals surface area contributed by atoms with Crippen molar-refractivity contribution in [1.82, 2.24) is 0 Å². The van der Waals surface area contributed by atoms with Gasteiger partial charge in [0.15, 0.2) is 17.8 Å². The molecule has 82 valence electrons. The minimum atomic E-state index is -0.110. The van der Waals surface area contributed by atoms with Crippen LogP contribution in [0.3, 0.4) is 0 Å². The van der Waals surface area contributed by atoms with Gasteiger partial charge >= 0.3 is 0 Å². The molecule has 0 aliphatic rings. The number of aromatic hydroxyl groups is 1. The summed E-state index contributed by atoms with van der Waals surface area (Å²) in [4.78, 5) is 10.8. The van der Waals surface area contributed by atoms with E-state index in [2.05, 4.69) is 0 Å². The van der Waals surface area contributed by atoms with Crippen molar-refractivity contribution in [3.05, 3.63) is 23.3 Å². The third-order valence-electron chi connectivity index (χ3n) is 2.30. The topological polar surface area (TPSA) is 46.5 Å². The number of phenols is 1. The summed E-state index contributed by atoms with van der Waals surface area (Å²) in [5.74, 6) is 0.241. The Labute approximate surface area is 89.7 Å². The summed E-state index contributed by atoms with van der Waals surface area (Å²) in [6.07, 6.45) is 0.688. The smallest absolute Gasteiger partial charge is 0.170 e. The standard InChI is InChI=1S/C12H16O3/c1-12(2,3)9-5-8(7-13)11(15-4)10(14)6-9/h5-7,14H,1-4H3. The van der Waals surface area contributed by atoms with Crippen molar-refractivity contribution < 1.29 is 14.6 Å². The molecule has 1 rings (SSSR count). The summed E-state index contributed by atoms with van der Waals surface area (Å²) >= 11 is 0. The van der Waals surface area contributed by atoms with Crippen LogP contribution in [-0.2, 0) is 5.41 Å². The van der Waals surface area contributed by atoms with Crippen molar-refractivity contribution in [3.63, 3.8) is 0 Å². The molecule has 0 aliphatic carbocycles. The molecule has 0 atom stereocenters. The lowest BCUT2D eigenvalue weighted by Gasteiger charge is -2.20. The van der Waals surface area contributed by atoms with E-state index in [0.717, 1.165) is 5.56 Å². The number of rotatable bonds is 2. The van der Waals surface area contributed by atoms with E-state index >= 15 is 0 Å². The van der Waals surface area contributed by atoms with E-state index in [1.54, 1.807) is 12.1 Å². The van der Waals surface area contributed by atoms with Gasteiger partial charge in [-0.2, -0.15) is 0 Å². The maximum Gasteiger partial charge on any atom is 0.170 e. The van der Waals surface area contributed by atoms with Crippen molar-refractivity contribution in [2.45, 2.75) is 26.2 Å². The Morgan fingerprint density at radius 2 is 1.93 bits per heavy atom. The van der Waals surface area contributed by atoms with Gasteiger partial charge < -0.3 is 9.84 Å². The SMILES string of the molecule is COc1c(O)cc(C(C)(C)C)cc1C=O. The molecule has 1 aromatic rings. The molecular weight excluding hydrogens is 192 g/mol.